The van der Waals surface area contributed by atoms with E-state index in [0.717, 1.165) is 0 Å². The Kier molecular flexibility index (Phi) is 17.7. The summed E-state index contributed by atoms with van der Waals surface area (Å²) in [5.41, 5.74) is 5.57. The molecule has 0 aliphatic rings. The lowest BCUT2D eigenvalue weighted by Crippen LogP contribution is -2.10. The smallest absolute Gasteiger partial charge is 0.0132 e. The Morgan fingerprint density at radius 3 is 1.03 bits per heavy atom. The second kappa shape index (κ2) is 17.7. The van der Waals surface area contributed by atoms with Gasteiger partial charge < -0.3 is 0 Å². The molecule has 0 aromatic heterocycles. The van der Waals surface area contributed by atoms with Crippen molar-refractivity contribution in [1.29, 1.82) is 0 Å². The zero-order chi connectivity index (χ0) is 22.7. The first-order valence-corrected chi connectivity index (χ1v) is 11.1. The lowest BCUT2D eigenvalue weighted by atomic mass is 9.87. The Balaban J connectivity index is 0. The summed E-state index contributed by atoms with van der Waals surface area (Å²) in [5, 5.41) is 0. The Labute approximate surface area is 182 Å². The van der Waals surface area contributed by atoms with Gasteiger partial charge in [0.2, 0.25) is 0 Å². The predicted molar refractivity (Wildman–Crippen MR) is 136 cm³/mol. The van der Waals surface area contributed by atoms with Gasteiger partial charge in [-0.3, -0.25) is 0 Å². The highest BCUT2D eigenvalue weighted by atomic mass is 14.2. The molecule has 0 saturated heterocycles. The van der Waals surface area contributed by atoms with Gasteiger partial charge in [-0.05, 0) is 29.0 Å². The van der Waals surface area contributed by atoms with E-state index in [1.165, 1.54) is 22.3 Å². The monoisotopic (exact) mass is 392 g/mol. The standard InChI is InChI=1S/C12H10.C11H16.3C2H6/c1-3-7-11(8-4-1)12-9-5-2-6-10-12;1-9-5-7-10(8-6-9)11(2,3)4;3*1-2/h1-10H;5-8H,1-4H3;3*1-2H3. The van der Waals surface area contributed by atoms with Crippen molar-refractivity contribution in [2.45, 2.75) is 74.7 Å². The van der Waals surface area contributed by atoms with Crippen LogP contribution >= 0.6 is 0 Å². The van der Waals surface area contributed by atoms with Crippen LogP contribution in [0.25, 0.3) is 11.1 Å². The Bertz CT molecular complexity index is 649. The molecule has 0 aliphatic carbocycles. The van der Waals surface area contributed by atoms with E-state index in [-0.39, 0.29) is 5.41 Å². The third kappa shape index (κ3) is 12.7. The molecule has 0 heteroatoms. The van der Waals surface area contributed by atoms with Crippen molar-refractivity contribution in [3.8, 4) is 11.1 Å². The van der Waals surface area contributed by atoms with Gasteiger partial charge in [-0.25, -0.2) is 0 Å². The van der Waals surface area contributed by atoms with Crippen LogP contribution < -0.4 is 0 Å². The van der Waals surface area contributed by atoms with E-state index in [4.69, 9.17) is 0 Å². The second-order valence-electron chi connectivity index (χ2n) is 6.85. The molecule has 0 amide bonds. The minimum atomic E-state index is 0.285. The minimum absolute atomic E-state index is 0.285. The average molecular weight is 393 g/mol. The van der Waals surface area contributed by atoms with E-state index in [1.54, 1.807) is 0 Å². The molecule has 0 spiro atoms. The van der Waals surface area contributed by atoms with Crippen molar-refractivity contribution in [3.05, 3.63) is 96.1 Å². The molecule has 3 rings (SSSR count). The van der Waals surface area contributed by atoms with E-state index in [2.05, 4.69) is 100 Å². The maximum Gasteiger partial charge on any atom is -0.0132 e. The summed E-state index contributed by atoms with van der Waals surface area (Å²) in [4.78, 5) is 0. The summed E-state index contributed by atoms with van der Waals surface area (Å²) >= 11 is 0. The van der Waals surface area contributed by atoms with Gasteiger partial charge in [0.05, 0.1) is 0 Å². The Morgan fingerprint density at radius 1 is 0.448 bits per heavy atom. The highest BCUT2D eigenvalue weighted by Gasteiger charge is 2.11. The third-order valence-electron chi connectivity index (χ3n) is 3.80. The lowest BCUT2D eigenvalue weighted by molar-refractivity contribution is 0.590. The largest absolute Gasteiger partial charge is 0.0683 e. The van der Waals surface area contributed by atoms with E-state index >= 15 is 0 Å². The van der Waals surface area contributed by atoms with Crippen molar-refractivity contribution >= 4 is 0 Å². The SMILES string of the molecule is CC.CC.CC.Cc1ccc(C(C)(C)C)cc1.c1ccc(-c2ccccc2)cc1. The Morgan fingerprint density at radius 2 is 0.759 bits per heavy atom. The molecule has 3 aromatic carbocycles. The fraction of sp³-hybridized carbons (Fsp3) is 0.379. The maximum atomic E-state index is 2.23. The number of hydrogen-bond acceptors (Lipinski definition) is 0. The highest BCUT2D eigenvalue weighted by molar-refractivity contribution is 5.62. The summed E-state index contributed by atoms with van der Waals surface area (Å²) < 4.78 is 0. The minimum Gasteiger partial charge on any atom is -0.0683 e. The van der Waals surface area contributed by atoms with Gasteiger partial charge in [-0.2, -0.15) is 0 Å². The number of rotatable bonds is 1. The molecule has 0 radical (unpaired) electrons. The second-order valence-corrected chi connectivity index (χ2v) is 6.85. The molecule has 0 saturated carbocycles. The van der Waals surface area contributed by atoms with Gasteiger partial charge in [0.15, 0.2) is 0 Å². The van der Waals surface area contributed by atoms with Gasteiger partial charge in [-0.1, -0.05) is 153 Å². The molecule has 0 aliphatic heterocycles. The topological polar surface area (TPSA) is 0 Å². The molecule has 0 heterocycles. The Hall–Kier alpha value is -2.34. The predicted octanol–water partition coefficient (Wildman–Crippen LogP) is 9.72. The van der Waals surface area contributed by atoms with Crippen LogP contribution in [0, 0.1) is 6.92 Å². The quantitative estimate of drug-likeness (QED) is 0.386. The van der Waals surface area contributed by atoms with Crippen LogP contribution in [-0.4, -0.2) is 0 Å². The highest BCUT2D eigenvalue weighted by Crippen LogP contribution is 2.21. The molecular weight excluding hydrogens is 348 g/mol. The van der Waals surface area contributed by atoms with Crippen LogP contribution in [0.5, 0.6) is 0 Å². The van der Waals surface area contributed by atoms with Crippen molar-refractivity contribution in [1.82, 2.24) is 0 Å². The van der Waals surface area contributed by atoms with Crippen LogP contribution in [0.2, 0.25) is 0 Å². The van der Waals surface area contributed by atoms with Crippen LogP contribution in [0.4, 0.5) is 0 Å². The fourth-order valence-corrected chi connectivity index (χ4v) is 2.31. The molecule has 0 bridgehead atoms. The third-order valence-corrected chi connectivity index (χ3v) is 3.80. The lowest BCUT2D eigenvalue weighted by Gasteiger charge is -2.18. The zero-order valence-corrected chi connectivity index (χ0v) is 20.6. The summed E-state index contributed by atoms with van der Waals surface area (Å²) in [7, 11) is 0. The summed E-state index contributed by atoms with van der Waals surface area (Å²) in [6.45, 7) is 20.8. The number of benzene rings is 3. The molecular formula is C29H44. The molecule has 0 fully saturated rings. The number of aryl methyl sites for hydroxylation is 1. The van der Waals surface area contributed by atoms with Gasteiger partial charge in [-0.15, -0.1) is 0 Å². The molecule has 3 aromatic rings. The molecule has 160 valence electrons. The van der Waals surface area contributed by atoms with Crippen LogP contribution in [0.15, 0.2) is 84.9 Å². The van der Waals surface area contributed by atoms with Crippen molar-refractivity contribution in [3.63, 3.8) is 0 Å². The molecule has 0 atom stereocenters. The zero-order valence-electron chi connectivity index (χ0n) is 20.6. The average Bonchev–Trinajstić information content (AvgIpc) is 2.79. The molecule has 0 nitrogen and oxygen atoms in total. The van der Waals surface area contributed by atoms with Gasteiger partial charge >= 0.3 is 0 Å². The first-order chi connectivity index (χ1) is 14.0. The fourth-order valence-electron chi connectivity index (χ4n) is 2.31. The summed E-state index contributed by atoms with van der Waals surface area (Å²) in [6.07, 6.45) is 0. The van der Waals surface area contributed by atoms with Crippen molar-refractivity contribution in [2.75, 3.05) is 0 Å². The summed E-state index contributed by atoms with van der Waals surface area (Å²) in [5.74, 6) is 0. The normalized spacial score (nSPS) is 9.03. The number of hydrogen-bond donors (Lipinski definition) is 0. The van der Waals surface area contributed by atoms with Crippen molar-refractivity contribution in [2.24, 2.45) is 0 Å². The maximum absolute atomic E-state index is 2.23. The van der Waals surface area contributed by atoms with Gasteiger partial charge in [0, 0.05) is 0 Å². The first-order valence-electron chi connectivity index (χ1n) is 11.1. The van der Waals surface area contributed by atoms with E-state index < -0.39 is 0 Å². The van der Waals surface area contributed by atoms with Crippen LogP contribution in [0.3, 0.4) is 0 Å². The van der Waals surface area contributed by atoms with Gasteiger partial charge in [0.1, 0.15) is 0 Å². The van der Waals surface area contributed by atoms with Crippen LogP contribution in [-0.2, 0) is 5.41 Å². The first kappa shape index (κ1) is 28.9. The van der Waals surface area contributed by atoms with Crippen molar-refractivity contribution < 1.29 is 0 Å². The van der Waals surface area contributed by atoms with Crippen LogP contribution in [0.1, 0.15) is 73.4 Å². The molecule has 0 N–H and O–H groups in total. The van der Waals surface area contributed by atoms with E-state index in [9.17, 15) is 0 Å². The summed E-state index contributed by atoms with van der Waals surface area (Å²) in [6, 6.07) is 29.5. The molecule has 0 unspecified atom stereocenters. The van der Waals surface area contributed by atoms with E-state index in [1.807, 2.05) is 53.7 Å². The van der Waals surface area contributed by atoms with Gasteiger partial charge in [0.25, 0.3) is 0 Å². The molecule has 29 heavy (non-hydrogen) atoms. The van der Waals surface area contributed by atoms with E-state index in [0.29, 0.717) is 0 Å².